The van der Waals surface area contributed by atoms with E-state index in [9.17, 15) is 13.2 Å². The first-order valence-corrected chi connectivity index (χ1v) is 9.13. The minimum atomic E-state index is -3.66. The molecule has 0 aromatic heterocycles. The van der Waals surface area contributed by atoms with Crippen molar-refractivity contribution in [2.45, 2.75) is 54.2 Å². The minimum absolute atomic E-state index is 0.135. The van der Waals surface area contributed by atoms with Gasteiger partial charge in [0.15, 0.2) is 14.6 Å². The van der Waals surface area contributed by atoms with Crippen molar-refractivity contribution in [2.24, 2.45) is 0 Å². The Morgan fingerprint density at radius 2 is 1.71 bits per heavy atom. The number of nitrogens with one attached hydrogen (secondary N) is 1. The number of halogens is 1. The largest absolute Gasteiger partial charge is 0.352 e. The summed E-state index contributed by atoms with van der Waals surface area (Å²) in [6, 6.07) is 6.16. The zero-order valence-corrected chi connectivity index (χ0v) is 13.2. The Morgan fingerprint density at radius 3 is 2.24 bits per heavy atom. The molecule has 1 amide bonds. The van der Waals surface area contributed by atoms with E-state index in [0.717, 1.165) is 25.7 Å². The molecule has 0 spiro atoms. The van der Waals surface area contributed by atoms with Gasteiger partial charge in [-0.2, -0.15) is 0 Å². The second kappa shape index (κ2) is 5.29. The number of carbonyl (C=O) groups excluding carboxylic acids is 1. The predicted octanol–water partition coefficient (Wildman–Crippen LogP) is 2.71. The van der Waals surface area contributed by atoms with Crippen LogP contribution < -0.4 is 5.32 Å². The number of benzene rings is 1. The van der Waals surface area contributed by atoms with Crippen LogP contribution in [0.25, 0.3) is 0 Å². The Hall–Kier alpha value is -1.07. The van der Waals surface area contributed by atoms with Gasteiger partial charge in [0.05, 0.1) is 4.90 Å². The summed E-state index contributed by atoms with van der Waals surface area (Å²) in [5, 5.41) is 3.41. The topological polar surface area (TPSA) is 63.2 Å². The highest BCUT2D eigenvalue weighted by atomic mass is 35.5. The van der Waals surface area contributed by atoms with Crippen molar-refractivity contribution in [3.63, 3.8) is 0 Å². The first kappa shape index (κ1) is 14.9. The molecule has 3 rings (SSSR count). The Balaban J connectivity index is 1.83. The lowest BCUT2D eigenvalue weighted by Crippen LogP contribution is -2.45. The van der Waals surface area contributed by atoms with E-state index in [1.54, 1.807) is 12.1 Å². The molecule has 6 heteroatoms. The lowest BCUT2D eigenvalue weighted by molar-refractivity contribution is -0.122. The van der Waals surface area contributed by atoms with Crippen molar-refractivity contribution in [3.05, 3.63) is 29.3 Å². The molecule has 0 heterocycles. The van der Waals surface area contributed by atoms with Gasteiger partial charge in [-0.3, -0.25) is 4.79 Å². The standard InChI is InChI=1S/C15H18ClNO3S/c16-11-5-7-13(8-6-11)21(19,20)15(9-10-15)14(18)17-12-3-1-2-4-12/h5-8,12H,1-4,9-10H2,(H,17,18). The van der Waals surface area contributed by atoms with E-state index in [-0.39, 0.29) is 16.8 Å². The Bertz CT molecular complexity index is 644. The van der Waals surface area contributed by atoms with Crippen molar-refractivity contribution in [1.29, 1.82) is 0 Å². The molecule has 0 radical (unpaired) electrons. The molecule has 0 aliphatic heterocycles. The second-order valence-electron chi connectivity index (χ2n) is 5.91. The van der Waals surface area contributed by atoms with Crippen molar-refractivity contribution in [2.75, 3.05) is 0 Å². The lowest BCUT2D eigenvalue weighted by Gasteiger charge is -2.19. The molecule has 2 aliphatic rings. The molecule has 1 aromatic rings. The molecule has 0 bridgehead atoms. The van der Waals surface area contributed by atoms with Crippen LogP contribution >= 0.6 is 11.6 Å². The quantitative estimate of drug-likeness (QED) is 0.924. The maximum Gasteiger partial charge on any atom is 0.242 e. The van der Waals surface area contributed by atoms with Crippen molar-refractivity contribution >= 4 is 27.3 Å². The van der Waals surface area contributed by atoms with Gasteiger partial charge in [-0.05, 0) is 49.9 Å². The average molecular weight is 328 g/mol. The van der Waals surface area contributed by atoms with E-state index in [2.05, 4.69) is 5.32 Å². The molecule has 0 unspecified atom stereocenters. The Kier molecular flexibility index (Phi) is 3.74. The highest BCUT2D eigenvalue weighted by molar-refractivity contribution is 7.94. The van der Waals surface area contributed by atoms with Crippen LogP contribution in [0.2, 0.25) is 5.02 Å². The third kappa shape index (κ3) is 2.57. The number of carbonyl (C=O) groups is 1. The molecule has 0 atom stereocenters. The molecular formula is C15H18ClNO3S. The van der Waals surface area contributed by atoms with Crippen molar-refractivity contribution < 1.29 is 13.2 Å². The fourth-order valence-electron chi connectivity index (χ4n) is 2.96. The zero-order chi connectivity index (χ0) is 15.1. The van der Waals surface area contributed by atoms with Gasteiger partial charge in [-0.25, -0.2) is 8.42 Å². The molecule has 1 aromatic carbocycles. The summed E-state index contributed by atoms with van der Waals surface area (Å²) in [6.45, 7) is 0. The number of amides is 1. The summed E-state index contributed by atoms with van der Waals surface area (Å²) in [7, 11) is -3.66. The van der Waals surface area contributed by atoms with Crippen molar-refractivity contribution in [3.8, 4) is 0 Å². The highest BCUT2D eigenvalue weighted by Crippen LogP contribution is 2.47. The van der Waals surface area contributed by atoms with Crippen LogP contribution in [0, 0.1) is 0 Å². The predicted molar refractivity (Wildman–Crippen MR) is 81.0 cm³/mol. The van der Waals surface area contributed by atoms with Crippen LogP contribution in [0.15, 0.2) is 29.2 Å². The van der Waals surface area contributed by atoms with E-state index in [1.165, 1.54) is 12.1 Å². The van der Waals surface area contributed by atoms with Gasteiger partial charge in [0.2, 0.25) is 5.91 Å². The summed E-state index contributed by atoms with van der Waals surface area (Å²) in [5.74, 6) is -0.329. The van der Waals surface area contributed by atoms with Gasteiger partial charge < -0.3 is 5.32 Å². The van der Waals surface area contributed by atoms with E-state index in [4.69, 9.17) is 11.6 Å². The summed E-state index contributed by atoms with van der Waals surface area (Å²) < 4.78 is 24.2. The Labute approximate surface area is 129 Å². The molecule has 1 N–H and O–H groups in total. The van der Waals surface area contributed by atoms with E-state index in [0.29, 0.717) is 17.9 Å². The van der Waals surface area contributed by atoms with E-state index in [1.807, 2.05) is 0 Å². The molecule has 2 aliphatic carbocycles. The van der Waals surface area contributed by atoms with E-state index >= 15 is 0 Å². The fraction of sp³-hybridized carbons (Fsp3) is 0.533. The second-order valence-corrected chi connectivity index (χ2v) is 8.60. The van der Waals surface area contributed by atoms with Gasteiger partial charge in [0, 0.05) is 11.1 Å². The average Bonchev–Trinajstić information content (AvgIpc) is 3.13. The van der Waals surface area contributed by atoms with E-state index < -0.39 is 14.6 Å². The zero-order valence-electron chi connectivity index (χ0n) is 11.6. The number of hydrogen-bond acceptors (Lipinski definition) is 3. The number of rotatable bonds is 4. The van der Waals surface area contributed by atoms with Gasteiger partial charge >= 0.3 is 0 Å². The highest BCUT2D eigenvalue weighted by Gasteiger charge is 2.61. The van der Waals surface area contributed by atoms with Crippen LogP contribution in [0.4, 0.5) is 0 Å². The molecule has 4 nitrogen and oxygen atoms in total. The summed E-state index contributed by atoms with van der Waals surface area (Å²) in [6.07, 6.45) is 4.89. The molecule has 2 saturated carbocycles. The maximum atomic E-state index is 12.7. The molecule has 0 saturated heterocycles. The first-order chi connectivity index (χ1) is 9.96. The van der Waals surface area contributed by atoms with Gasteiger partial charge in [-0.1, -0.05) is 24.4 Å². The third-order valence-corrected chi connectivity index (χ3v) is 7.21. The maximum absolute atomic E-state index is 12.7. The van der Waals surface area contributed by atoms with Crippen LogP contribution in [0.5, 0.6) is 0 Å². The number of sulfone groups is 1. The summed E-state index contributed by atoms with van der Waals surface area (Å²) >= 11 is 5.79. The normalized spacial score (nSPS) is 21.2. The fourth-order valence-corrected chi connectivity index (χ4v) is 4.97. The molecule has 114 valence electrons. The SMILES string of the molecule is O=C(NC1CCCC1)C1(S(=O)(=O)c2ccc(Cl)cc2)CC1. The van der Waals surface area contributed by atoms with Gasteiger partial charge in [0.25, 0.3) is 0 Å². The molecular weight excluding hydrogens is 310 g/mol. The monoisotopic (exact) mass is 327 g/mol. The summed E-state index contributed by atoms with van der Waals surface area (Å²) in [4.78, 5) is 12.6. The van der Waals surface area contributed by atoms with Gasteiger partial charge in [-0.15, -0.1) is 0 Å². The van der Waals surface area contributed by atoms with Gasteiger partial charge in [0.1, 0.15) is 0 Å². The molecule has 2 fully saturated rings. The minimum Gasteiger partial charge on any atom is -0.352 e. The van der Waals surface area contributed by atoms with Crippen LogP contribution in [-0.2, 0) is 14.6 Å². The number of hydrogen-bond donors (Lipinski definition) is 1. The molecule has 21 heavy (non-hydrogen) atoms. The summed E-state index contributed by atoms with van der Waals surface area (Å²) in [5.41, 5.74) is 0. The van der Waals surface area contributed by atoms with Crippen molar-refractivity contribution in [1.82, 2.24) is 5.32 Å². The third-order valence-electron chi connectivity index (χ3n) is 4.45. The van der Waals surface area contributed by atoms with Crippen LogP contribution in [0.1, 0.15) is 38.5 Å². The first-order valence-electron chi connectivity index (χ1n) is 7.27. The smallest absolute Gasteiger partial charge is 0.242 e. The van der Waals surface area contributed by atoms with Crippen LogP contribution in [-0.4, -0.2) is 25.1 Å². The van der Waals surface area contributed by atoms with Crippen LogP contribution in [0.3, 0.4) is 0 Å². The lowest BCUT2D eigenvalue weighted by atomic mass is 10.2. The Morgan fingerprint density at radius 1 is 1.14 bits per heavy atom.